The average molecular weight is 337 g/mol. The predicted molar refractivity (Wildman–Crippen MR) is 81.4 cm³/mol. The van der Waals surface area contributed by atoms with E-state index in [1.807, 2.05) is 32.0 Å². The summed E-state index contributed by atoms with van der Waals surface area (Å²) in [5, 5.41) is 4.22. The molecule has 0 aliphatic heterocycles. The van der Waals surface area contributed by atoms with E-state index in [4.69, 9.17) is 4.74 Å². The molecule has 0 bridgehead atoms. The number of methoxy groups -OCH3 is 1. The maximum atomic E-state index is 12.7. The van der Waals surface area contributed by atoms with Gasteiger partial charge in [0.2, 0.25) is 5.78 Å². The highest BCUT2D eigenvalue weighted by molar-refractivity contribution is 9.10. The molecule has 0 unspecified atom stereocenters. The number of ketones is 1. The van der Waals surface area contributed by atoms with Gasteiger partial charge < -0.3 is 4.74 Å². The van der Waals surface area contributed by atoms with Gasteiger partial charge in [0.25, 0.3) is 0 Å². The molecule has 0 aliphatic carbocycles. The number of rotatable bonds is 5. The lowest BCUT2D eigenvalue weighted by Gasteiger charge is -2.08. The number of benzene rings is 1. The Kier molecular flexibility index (Phi) is 4.60. The molecule has 2 aromatic rings. The highest BCUT2D eigenvalue weighted by Crippen LogP contribution is 2.24. The predicted octanol–water partition coefficient (Wildman–Crippen LogP) is 3.60. The second kappa shape index (κ2) is 6.22. The monoisotopic (exact) mass is 336 g/mol. The minimum absolute atomic E-state index is 0.0663. The molecule has 1 aromatic heterocycles. The molecule has 106 valence electrons. The number of hydrogen-bond donors (Lipinski definition) is 0. The molecule has 1 aromatic carbocycles. The van der Waals surface area contributed by atoms with Crippen molar-refractivity contribution in [2.24, 2.45) is 0 Å². The number of halogens is 1. The lowest BCUT2D eigenvalue weighted by molar-refractivity contribution is 0.102. The van der Waals surface area contributed by atoms with Crippen molar-refractivity contribution in [3.05, 3.63) is 45.7 Å². The summed E-state index contributed by atoms with van der Waals surface area (Å²) in [5.41, 5.74) is 2.18. The number of carbonyl (C=O) groups is 1. The third kappa shape index (κ3) is 2.77. The van der Waals surface area contributed by atoms with E-state index in [9.17, 15) is 4.79 Å². The van der Waals surface area contributed by atoms with Crippen LogP contribution in [0.3, 0.4) is 0 Å². The minimum Gasteiger partial charge on any atom is -0.493 e. The molecule has 4 nitrogen and oxygen atoms in total. The summed E-state index contributed by atoms with van der Waals surface area (Å²) in [6.45, 7) is 4.70. The number of hydrogen-bond acceptors (Lipinski definition) is 3. The van der Waals surface area contributed by atoms with Gasteiger partial charge in [-0.25, -0.2) is 0 Å². The van der Waals surface area contributed by atoms with Gasteiger partial charge in [0, 0.05) is 16.6 Å². The van der Waals surface area contributed by atoms with Gasteiger partial charge in [-0.15, -0.1) is 0 Å². The van der Waals surface area contributed by atoms with Crippen molar-refractivity contribution < 1.29 is 9.53 Å². The SMILES string of the molecule is CCCn1ncc(OC)c1C(=O)c1ccc(Br)c(C)c1. The van der Waals surface area contributed by atoms with Crippen molar-refractivity contribution in [2.75, 3.05) is 7.11 Å². The van der Waals surface area contributed by atoms with Crippen molar-refractivity contribution in [3.63, 3.8) is 0 Å². The first-order valence-electron chi connectivity index (χ1n) is 6.49. The Bertz CT molecular complexity index is 635. The number of aryl methyl sites for hydroxylation is 2. The summed E-state index contributed by atoms with van der Waals surface area (Å²) in [5.74, 6) is 0.451. The first kappa shape index (κ1) is 14.8. The van der Waals surface area contributed by atoms with Crippen LogP contribution in [-0.4, -0.2) is 22.7 Å². The second-order valence-corrected chi connectivity index (χ2v) is 5.43. The summed E-state index contributed by atoms with van der Waals surface area (Å²) < 4.78 is 7.95. The van der Waals surface area contributed by atoms with Crippen LogP contribution in [0.2, 0.25) is 0 Å². The first-order chi connectivity index (χ1) is 9.58. The maximum Gasteiger partial charge on any atom is 0.214 e. The van der Waals surface area contributed by atoms with Gasteiger partial charge in [-0.3, -0.25) is 9.48 Å². The molecule has 5 heteroatoms. The average Bonchev–Trinajstić information content (AvgIpc) is 2.84. The van der Waals surface area contributed by atoms with E-state index >= 15 is 0 Å². The Morgan fingerprint density at radius 3 is 2.80 bits per heavy atom. The molecule has 0 spiro atoms. The lowest BCUT2D eigenvalue weighted by atomic mass is 10.1. The normalized spacial score (nSPS) is 10.6. The van der Waals surface area contributed by atoms with Gasteiger partial charge >= 0.3 is 0 Å². The third-order valence-electron chi connectivity index (χ3n) is 3.10. The Labute approximate surface area is 126 Å². The van der Waals surface area contributed by atoms with Gasteiger partial charge in [-0.1, -0.05) is 22.9 Å². The van der Waals surface area contributed by atoms with Gasteiger partial charge in [0.05, 0.1) is 13.3 Å². The third-order valence-corrected chi connectivity index (χ3v) is 3.99. The van der Waals surface area contributed by atoms with Crippen molar-refractivity contribution >= 4 is 21.7 Å². The van der Waals surface area contributed by atoms with Crippen LogP contribution in [-0.2, 0) is 6.54 Å². The molecule has 0 radical (unpaired) electrons. The molecule has 1 heterocycles. The largest absolute Gasteiger partial charge is 0.493 e. The van der Waals surface area contributed by atoms with E-state index in [0.717, 1.165) is 16.5 Å². The quantitative estimate of drug-likeness (QED) is 0.783. The van der Waals surface area contributed by atoms with Crippen LogP contribution in [0.5, 0.6) is 5.75 Å². The first-order valence-corrected chi connectivity index (χ1v) is 7.28. The summed E-state index contributed by atoms with van der Waals surface area (Å²) in [6, 6.07) is 5.56. The van der Waals surface area contributed by atoms with Gasteiger partial charge in [0.15, 0.2) is 11.4 Å². The standard InChI is InChI=1S/C15H17BrN2O2/c1-4-7-18-14(13(20-3)9-17-18)15(19)11-5-6-12(16)10(2)8-11/h5-6,8-9H,4,7H2,1-3H3. The number of nitrogens with zero attached hydrogens (tertiary/aromatic N) is 2. The fraction of sp³-hybridized carbons (Fsp3) is 0.333. The molecule has 20 heavy (non-hydrogen) atoms. The fourth-order valence-electron chi connectivity index (χ4n) is 2.05. The van der Waals surface area contributed by atoms with Crippen LogP contribution in [0, 0.1) is 6.92 Å². The molecule has 0 N–H and O–H groups in total. The van der Waals surface area contributed by atoms with Crippen molar-refractivity contribution in [3.8, 4) is 5.75 Å². The Hall–Kier alpha value is -1.62. The lowest BCUT2D eigenvalue weighted by Crippen LogP contribution is -2.12. The zero-order valence-electron chi connectivity index (χ0n) is 11.8. The molecule has 0 saturated heterocycles. The van der Waals surface area contributed by atoms with Crippen LogP contribution < -0.4 is 4.74 Å². The molecule has 0 amide bonds. The summed E-state index contributed by atoms with van der Waals surface area (Å²) in [7, 11) is 1.55. The summed E-state index contributed by atoms with van der Waals surface area (Å²) in [6.07, 6.45) is 2.50. The minimum atomic E-state index is -0.0663. The van der Waals surface area contributed by atoms with E-state index in [2.05, 4.69) is 21.0 Å². The molecule has 0 atom stereocenters. The highest BCUT2D eigenvalue weighted by atomic mass is 79.9. The molecular formula is C15H17BrN2O2. The van der Waals surface area contributed by atoms with Crippen molar-refractivity contribution in [1.29, 1.82) is 0 Å². The molecule has 0 aliphatic rings. The number of carbonyl (C=O) groups excluding carboxylic acids is 1. The Morgan fingerprint density at radius 2 is 2.20 bits per heavy atom. The molecule has 0 fully saturated rings. The van der Waals surface area contributed by atoms with E-state index in [1.54, 1.807) is 18.0 Å². The molecule has 0 saturated carbocycles. The smallest absolute Gasteiger partial charge is 0.214 e. The Balaban J connectivity index is 2.46. The Morgan fingerprint density at radius 1 is 1.45 bits per heavy atom. The van der Waals surface area contributed by atoms with E-state index in [-0.39, 0.29) is 5.78 Å². The van der Waals surface area contributed by atoms with Gasteiger partial charge in [0.1, 0.15) is 0 Å². The molecule has 2 rings (SSSR count). The van der Waals surface area contributed by atoms with Gasteiger partial charge in [-0.2, -0.15) is 5.10 Å². The zero-order chi connectivity index (χ0) is 14.7. The maximum absolute atomic E-state index is 12.7. The zero-order valence-corrected chi connectivity index (χ0v) is 13.4. The van der Waals surface area contributed by atoms with Crippen LogP contribution in [0.4, 0.5) is 0 Å². The van der Waals surface area contributed by atoms with Crippen LogP contribution in [0.1, 0.15) is 35.0 Å². The van der Waals surface area contributed by atoms with Gasteiger partial charge in [-0.05, 0) is 37.1 Å². The number of aromatic nitrogens is 2. The van der Waals surface area contributed by atoms with Crippen LogP contribution in [0.25, 0.3) is 0 Å². The van der Waals surface area contributed by atoms with Crippen molar-refractivity contribution in [1.82, 2.24) is 9.78 Å². The highest BCUT2D eigenvalue weighted by Gasteiger charge is 2.21. The van der Waals surface area contributed by atoms with Crippen molar-refractivity contribution in [2.45, 2.75) is 26.8 Å². The van der Waals surface area contributed by atoms with E-state index < -0.39 is 0 Å². The van der Waals surface area contributed by atoms with E-state index in [1.165, 1.54) is 0 Å². The van der Waals surface area contributed by atoms with Crippen LogP contribution >= 0.6 is 15.9 Å². The topological polar surface area (TPSA) is 44.1 Å². The fourth-order valence-corrected chi connectivity index (χ4v) is 2.30. The van der Waals surface area contributed by atoms with Crippen LogP contribution in [0.15, 0.2) is 28.9 Å². The molecular weight excluding hydrogens is 320 g/mol. The number of ether oxygens (including phenoxy) is 1. The summed E-state index contributed by atoms with van der Waals surface area (Å²) in [4.78, 5) is 12.7. The summed E-state index contributed by atoms with van der Waals surface area (Å²) >= 11 is 3.44. The van der Waals surface area contributed by atoms with E-state index in [0.29, 0.717) is 23.6 Å². The second-order valence-electron chi connectivity index (χ2n) is 4.58.